The van der Waals surface area contributed by atoms with Crippen LogP contribution in [0.2, 0.25) is 0 Å². The van der Waals surface area contributed by atoms with Crippen LogP contribution >= 0.6 is 0 Å². The zero-order chi connectivity index (χ0) is 16.9. The number of halogens is 1. The summed E-state index contributed by atoms with van der Waals surface area (Å²) in [5.41, 5.74) is 4.18. The molecule has 0 aromatic heterocycles. The maximum absolute atomic E-state index is 12.3. The lowest BCUT2D eigenvalue weighted by atomic mass is 9.86. The van der Waals surface area contributed by atoms with Crippen molar-refractivity contribution in [3.63, 3.8) is 0 Å². The van der Waals surface area contributed by atoms with E-state index in [9.17, 15) is 4.79 Å². The summed E-state index contributed by atoms with van der Waals surface area (Å²) in [7, 11) is 0. The number of hydrogen-bond donors (Lipinski definition) is 0. The number of benzene rings is 1. The molecule has 2 rings (SSSR count). The average molecular weight is 398 g/mol. The Labute approximate surface area is 157 Å². The summed E-state index contributed by atoms with van der Waals surface area (Å²) in [5.74, 6) is -0.0425. The Morgan fingerprint density at radius 2 is 1.88 bits per heavy atom. The van der Waals surface area contributed by atoms with Crippen molar-refractivity contribution in [2.45, 2.75) is 59.4 Å². The molecule has 0 radical (unpaired) electrons. The van der Waals surface area contributed by atoms with Crippen molar-refractivity contribution in [2.75, 3.05) is 26.2 Å². The number of esters is 1. The van der Waals surface area contributed by atoms with Gasteiger partial charge in [0.05, 0.1) is 19.7 Å². The molecule has 0 aliphatic carbocycles. The Morgan fingerprint density at radius 3 is 2.46 bits per heavy atom. The normalized spacial score (nSPS) is 23.4. The summed E-state index contributed by atoms with van der Waals surface area (Å²) in [6.45, 7) is 11.7. The fourth-order valence-corrected chi connectivity index (χ4v) is 4.41. The molecule has 0 bridgehead atoms. The lowest BCUT2D eigenvalue weighted by Gasteiger charge is -2.48. The quantitative estimate of drug-likeness (QED) is 0.534. The van der Waals surface area contributed by atoms with Gasteiger partial charge in [0, 0.05) is 12.0 Å². The highest BCUT2D eigenvalue weighted by Crippen LogP contribution is 2.40. The summed E-state index contributed by atoms with van der Waals surface area (Å²) in [4.78, 5) is 12.3. The van der Waals surface area contributed by atoms with Gasteiger partial charge in [0.15, 0.2) is 6.54 Å². The second-order valence-corrected chi connectivity index (χ2v) is 6.95. The molecule has 0 saturated carbocycles. The van der Waals surface area contributed by atoms with Gasteiger partial charge in [0.2, 0.25) is 0 Å². The third-order valence-electron chi connectivity index (χ3n) is 5.29. The fourth-order valence-electron chi connectivity index (χ4n) is 4.41. The third-order valence-corrected chi connectivity index (χ3v) is 5.29. The van der Waals surface area contributed by atoms with E-state index in [4.69, 9.17) is 4.74 Å². The molecular formula is C20H32BrNO2. The van der Waals surface area contributed by atoms with E-state index in [0.29, 0.717) is 19.2 Å². The van der Waals surface area contributed by atoms with Gasteiger partial charge in [-0.2, -0.15) is 0 Å². The number of rotatable bonds is 6. The Balaban J connectivity index is 0.00000288. The van der Waals surface area contributed by atoms with E-state index in [-0.39, 0.29) is 23.0 Å². The van der Waals surface area contributed by atoms with E-state index in [1.54, 1.807) is 0 Å². The molecule has 2 atom stereocenters. The number of nitrogens with zero attached hydrogens (tertiary/aromatic N) is 1. The van der Waals surface area contributed by atoms with Gasteiger partial charge < -0.3 is 26.2 Å². The van der Waals surface area contributed by atoms with Gasteiger partial charge in [0.25, 0.3) is 0 Å². The largest absolute Gasteiger partial charge is 1.00 e. The predicted molar refractivity (Wildman–Crippen MR) is 94.3 cm³/mol. The van der Waals surface area contributed by atoms with Crippen molar-refractivity contribution >= 4 is 5.97 Å². The molecule has 1 heterocycles. The average Bonchev–Trinajstić information content (AvgIpc) is 2.49. The second-order valence-electron chi connectivity index (χ2n) is 6.95. The van der Waals surface area contributed by atoms with Gasteiger partial charge in [-0.3, -0.25) is 0 Å². The van der Waals surface area contributed by atoms with E-state index in [2.05, 4.69) is 39.0 Å². The second kappa shape index (κ2) is 9.57. The smallest absolute Gasteiger partial charge is 0.361 e. The van der Waals surface area contributed by atoms with Crippen LogP contribution in [-0.2, 0) is 9.53 Å². The number of likely N-dealkylation sites (tertiary alicyclic amines) is 1. The van der Waals surface area contributed by atoms with E-state index in [1.165, 1.54) is 36.0 Å². The third kappa shape index (κ3) is 4.60. The van der Waals surface area contributed by atoms with Gasteiger partial charge in [-0.05, 0) is 51.2 Å². The zero-order valence-corrected chi connectivity index (χ0v) is 17.2. The minimum absolute atomic E-state index is 0. The van der Waals surface area contributed by atoms with Crippen LogP contribution in [0, 0.1) is 13.8 Å². The number of quaternary nitrogens is 1. The maximum atomic E-state index is 12.3. The van der Waals surface area contributed by atoms with Crippen molar-refractivity contribution in [2.24, 2.45) is 0 Å². The Morgan fingerprint density at radius 1 is 1.21 bits per heavy atom. The van der Waals surface area contributed by atoms with E-state index < -0.39 is 0 Å². The first-order valence-corrected chi connectivity index (χ1v) is 9.11. The monoisotopic (exact) mass is 397 g/mol. The van der Waals surface area contributed by atoms with E-state index in [1.807, 2.05) is 6.92 Å². The number of carbonyl (C=O) groups excluding carboxylic acids is 1. The molecule has 0 N–H and O–H groups in total. The molecule has 1 aliphatic rings. The molecule has 0 spiro atoms. The molecule has 0 amide bonds. The molecule has 24 heavy (non-hydrogen) atoms. The van der Waals surface area contributed by atoms with Gasteiger partial charge in [-0.1, -0.05) is 25.1 Å². The lowest BCUT2D eigenvalue weighted by molar-refractivity contribution is -0.955. The van der Waals surface area contributed by atoms with Crippen LogP contribution in [0.5, 0.6) is 0 Å². The van der Waals surface area contributed by atoms with Crippen LogP contribution in [0.25, 0.3) is 0 Å². The lowest BCUT2D eigenvalue weighted by Crippen LogP contribution is -3.00. The highest BCUT2D eigenvalue weighted by molar-refractivity contribution is 5.70. The fraction of sp³-hybridized carbons (Fsp3) is 0.650. The number of piperidine rings is 1. The van der Waals surface area contributed by atoms with Crippen molar-refractivity contribution in [1.29, 1.82) is 0 Å². The van der Waals surface area contributed by atoms with Crippen LogP contribution in [0.3, 0.4) is 0 Å². The first-order valence-electron chi connectivity index (χ1n) is 9.11. The molecule has 3 nitrogen and oxygen atoms in total. The number of hydrogen-bond acceptors (Lipinski definition) is 2. The molecule has 136 valence electrons. The summed E-state index contributed by atoms with van der Waals surface area (Å²) in [5, 5.41) is 0. The van der Waals surface area contributed by atoms with Crippen LogP contribution < -0.4 is 17.0 Å². The highest BCUT2D eigenvalue weighted by atomic mass is 79.9. The molecule has 1 aromatic rings. The highest BCUT2D eigenvalue weighted by Gasteiger charge is 2.42. The number of aryl methyl sites for hydroxylation is 2. The van der Waals surface area contributed by atoms with Crippen molar-refractivity contribution in [1.82, 2.24) is 0 Å². The van der Waals surface area contributed by atoms with Gasteiger partial charge >= 0.3 is 5.97 Å². The summed E-state index contributed by atoms with van der Waals surface area (Å²) in [6.07, 6.45) is 4.73. The molecule has 1 fully saturated rings. The molecule has 1 saturated heterocycles. The van der Waals surface area contributed by atoms with E-state index >= 15 is 0 Å². The van der Waals surface area contributed by atoms with Gasteiger partial charge in [-0.25, -0.2) is 4.79 Å². The Bertz CT molecular complexity index is 522. The standard InChI is InChI=1S/C20H32NO2.BrH/c1-5-13-21(15-19(22)23-6-2)14-8-7-12-18(21)20-16(3)10-9-11-17(20)4;/h9-11,18H,5-8,12-15H2,1-4H3;1H/q+1;/p-1/t18-,21?;/m0./s1. The predicted octanol–water partition coefficient (Wildman–Crippen LogP) is 1.32. The molecule has 1 aliphatic heterocycles. The first kappa shape index (κ1) is 21.2. The van der Waals surface area contributed by atoms with Crippen LogP contribution in [-0.4, -0.2) is 36.7 Å². The van der Waals surface area contributed by atoms with Crippen LogP contribution in [0.1, 0.15) is 62.3 Å². The summed E-state index contributed by atoms with van der Waals surface area (Å²) < 4.78 is 6.18. The van der Waals surface area contributed by atoms with Crippen LogP contribution in [0.15, 0.2) is 18.2 Å². The Hall–Kier alpha value is -0.870. The van der Waals surface area contributed by atoms with Crippen LogP contribution in [0.4, 0.5) is 0 Å². The van der Waals surface area contributed by atoms with E-state index in [0.717, 1.165) is 24.0 Å². The minimum atomic E-state index is -0.0425. The maximum Gasteiger partial charge on any atom is 0.361 e. The number of carbonyl (C=O) groups is 1. The summed E-state index contributed by atoms with van der Waals surface area (Å²) in [6, 6.07) is 6.98. The van der Waals surface area contributed by atoms with Crippen molar-refractivity contribution in [3.8, 4) is 0 Å². The van der Waals surface area contributed by atoms with Crippen molar-refractivity contribution < 1.29 is 31.0 Å². The minimum Gasteiger partial charge on any atom is -1.00 e. The topological polar surface area (TPSA) is 26.3 Å². The van der Waals surface area contributed by atoms with Crippen molar-refractivity contribution in [3.05, 3.63) is 34.9 Å². The first-order chi connectivity index (χ1) is 11.0. The molecule has 4 heteroatoms. The summed E-state index contributed by atoms with van der Waals surface area (Å²) >= 11 is 0. The molecule has 1 unspecified atom stereocenters. The zero-order valence-electron chi connectivity index (χ0n) is 15.6. The molecule has 1 aromatic carbocycles. The molecular weight excluding hydrogens is 366 g/mol. The number of ether oxygens (including phenoxy) is 1. The SMILES string of the molecule is CCC[N+]1(CC(=O)OCC)CCCC[C@H]1c1c(C)cccc1C.[Br-]. The van der Waals surface area contributed by atoms with Gasteiger partial charge in [-0.15, -0.1) is 0 Å². The van der Waals surface area contributed by atoms with Gasteiger partial charge in [0.1, 0.15) is 6.04 Å². The Kier molecular flexibility index (Phi) is 8.44.